The zero-order chi connectivity index (χ0) is 14.7. The number of fused-ring (bicyclic) bond motifs is 1. The molecule has 1 aromatic carbocycles. The average molecular weight is 294 g/mol. The Morgan fingerprint density at radius 2 is 2.15 bits per heavy atom. The van der Waals surface area contributed by atoms with Crippen LogP contribution in [0.25, 0.3) is 0 Å². The highest BCUT2D eigenvalue weighted by molar-refractivity contribution is 8.01. The van der Waals surface area contributed by atoms with E-state index in [-0.39, 0.29) is 18.7 Å². The lowest BCUT2D eigenvalue weighted by Gasteiger charge is -2.32. The number of carbonyl (C=O) groups excluding carboxylic acids is 2. The van der Waals surface area contributed by atoms with E-state index in [1.165, 1.54) is 16.7 Å². The van der Waals surface area contributed by atoms with Crippen molar-refractivity contribution in [2.24, 2.45) is 0 Å². The minimum absolute atomic E-state index is 0.193. The van der Waals surface area contributed by atoms with Crippen LogP contribution in [0.4, 0.5) is 5.69 Å². The molecule has 0 bridgehead atoms. The molecule has 0 radical (unpaired) electrons. The van der Waals surface area contributed by atoms with Crippen molar-refractivity contribution in [3.05, 3.63) is 24.3 Å². The number of amides is 1. The van der Waals surface area contributed by atoms with Crippen LogP contribution in [0.5, 0.6) is 0 Å². The van der Waals surface area contributed by atoms with Crippen molar-refractivity contribution in [2.75, 3.05) is 19.0 Å². The van der Waals surface area contributed by atoms with Gasteiger partial charge in [-0.15, -0.1) is 0 Å². The molecule has 1 aliphatic rings. The maximum atomic E-state index is 12.4. The Hall–Kier alpha value is -1.69. The topological polar surface area (TPSA) is 58.6 Å². The summed E-state index contributed by atoms with van der Waals surface area (Å²) < 4.78 is 5.02. The molecule has 20 heavy (non-hydrogen) atoms. The van der Waals surface area contributed by atoms with Gasteiger partial charge in [-0.25, -0.2) is 0 Å². The standard InChI is InChI=1S/C14H18N2O3S/c1-4-19-14(18)12-13(17)16(3)9(2)15-10-7-5-6-8-11(10)20-12/h5-9,12,15H,4H2,1-3H3/t9-,12+/m1/s1. The summed E-state index contributed by atoms with van der Waals surface area (Å²) in [5.74, 6) is -0.735. The second-order valence-corrected chi connectivity index (χ2v) is 5.66. The van der Waals surface area contributed by atoms with Gasteiger partial charge in [0, 0.05) is 17.6 Å². The smallest absolute Gasteiger partial charge is 0.329 e. The Morgan fingerprint density at radius 3 is 2.85 bits per heavy atom. The third-order valence-electron chi connectivity index (χ3n) is 3.15. The van der Waals surface area contributed by atoms with Gasteiger partial charge in [0.2, 0.25) is 5.91 Å². The zero-order valence-corrected chi connectivity index (χ0v) is 12.6. The molecule has 1 aliphatic heterocycles. The molecule has 0 aromatic heterocycles. The summed E-state index contributed by atoms with van der Waals surface area (Å²) >= 11 is 1.22. The van der Waals surface area contributed by atoms with E-state index >= 15 is 0 Å². The van der Waals surface area contributed by atoms with E-state index in [9.17, 15) is 9.59 Å². The largest absolute Gasteiger partial charge is 0.465 e. The van der Waals surface area contributed by atoms with Crippen LogP contribution in [0, 0.1) is 0 Å². The number of nitrogens with one attached hydrogen (secondary N) is 1. The number of benzene rings is 1. The van der Waals surface area contributed by atoms with Gasteiger partial charge in [-0.3, -0.25) is 9.59 Å². The van der Waals surface area contributed by atoms with Crippen LogP contribution in [-0.2, 0) is 14.3 Å². The van der Waals surface area contributed by atoms with Crippen LogP contribution in [0.3, 0.4) is 0 Å². The minimum atomic E-state index is -0.856. The second-order valence-electron chi connectivity index (χ2n) is 4.52. The number of hydrogen-bond donors (Lipinski definition) is 1. The second kappa shape index (κ2) is 6.17. The number of esters is 1. The van der Waals surface area contributed by atoms with Crippen molar-refractivity contribution in [2.45, 2.75) is 30.2 Å². The van der Waals surface area contributed by atoms with Gasteiger partial charge in [-0.05, 0) is 26.0 Å². The maximum Gasteiger partial charge on any atom is 0.329 e. The average Bonchev–Trinajstić information content (AvgIpc) is 2.44. The molecule has 1 amide bonds. The monoisotopic (exact) mass is 294 g/mol. The Labute approximate surface area is 122 Å². The molecule has 2 rings (SSSR count). The molecule has 5 nitrogen and oxygen atoms in total. The molecule has 1 heterocycles. The lowest BCUT2D eigenvalue weighted by molar-refractivity contribution is -0.147. The first-order valence-electron chi connectivity index (χ1n) is 6.50. The van der Waals surface area contributed by atoms with Gasteiger partial charge in [-0.2, -0.15) is 0 Å². The van der Waals surface area contributed by atoms with E-state index < -0.39 is 11.2 Å². The third-order valence-corrected chi connectivity index (χ3v) is 4.39. The number of carbonyl (C=O) groups is 2. The molecule has 0 saturated carbocycles. The summed E-state index contributed by atoms with van der Waals surface area (Å²) in [6, 6.07) is 7.63. The van der Waals surface area contributed by atoms with E-state index in [4.69, 9.17) is 4.74 Å². The van der Waals surface area contributed by atoms with Crippen LogP contribution in [0.1, 0.15) is 13.8 Å². The summed E-state index contributed by atoms with van der Waals surface area (Å²) in [4.78, 5) is 26.8. The summed E-state index contributed by atoms with van der Waals surface area (Å²) in [7, 11) is 1.68. The highest BCUT2D eigenvalue weighted by Crippen LogP contribution is 2.34. The Kier molecular flexibility index (Phi) is 4.54. The van der Waals surface area contributed by atoms with Crippen molar-refractivity contribution >= 4 is 29.3 Å². The predicted molar refractivity (Wildman–Crippen MR) is 78.6 cm³/mol. The van der Waals surface area contributed by atoms with Gasteiger partial charge in [0.15, 0.2) is 5.25 Å². The Bertz CT molecular complexity index is 521. The van der Waals surface area contributed by atoms with Crippen molar-refractivity contribution in [1.29, 1.82) is 0 Å². The molecule has 0 saturated heterocycles. The molecular weight excluding hydrogens is 276 g/mol. The molecule has 0 fully saturated rings. The molecule has 1 N–H and O–H groups in total. The van der Waals surface area contributed by atoms with E-state index in [0.29, 0.717) is 0 Å². The first kappa shape index (κ1) is 14.7. The maximum absolute atomic E-state index is 12.4. The van der Waals surface area contributed by atoms with Gasteiger partial charge >= 0.3 is 5.97 Å². The van der Waals surface area contributed by atoms with Gasteiger partial charge in [-0.1, -0.05) is 23.9 Å². The van der Waals surface area contributed by atoms with Gasteiger partial charge in [0.1, 0.15) is 0 Å². The number of ether oxygens (including phenoxy) is 1. The fourth-order valence-corrected chi connectivity index (χ4v) is 3.03. The van der Waals surface area contributed by atoms with Crippen molar-refractivity contribution < 1.29 is 14.3 Å². The molecule has 6 heteroatoms. The fourth-order valence-electron chi connectivity index (χ4n) is 1.93. The first-order chi connectivity index (χ1) is 9.54. The first-order valence-corrected chi connectivity index (χ1v) is 7.38. The predicted octanol–water partition coefficient (Wildman–Crippen LogP) is 1.94. The molecular formula is C14H18N2O3S. The third kappa shape index (κ3) is 2.90. The lowest BCUT2D eigenvalue weighted by Crippen LogP contribution is -2.48. The van der Waals surface area contributed by atoms with Gasteiger partial charge < -0.3 is 15.0 Å². The van der Waals surface area contributed by atoms with Crippen molar-refractivity contribution in [1.82, 2.24) is 4.90 Å². The van der Waals surface area contributed by atoms with E-state index in [1.807, 2.05) is 31.2 Å². The van der Waals surface area contributed by atoms with Crippen LogP contribution in [0.15, 0.2) is 29.2 Å². The summed E-state index contributed by atoms with van der Waals surface area (Å²) in [6.07, 6.45) is -0.193. The number of thioether (sulfide) groups is 1. The fraction of sp³-hybridized carbons (Fsp3) is 0.429. The normalized spacial score (nSPS) is 22.4. The lowest BCUT2D eigenvalue weighted by atomic mass is 10.3. The highest BCUT2D eigenvalue weighted by atomic mass is 32.2. The SMILES string of the molecule is CCOC(=O)[C@H]1Sc2ccccc2N[C@@H](C)N(C)C1=O. The van der Waals surface area contributed by atoms with Crippen molar-refractivity contribution in [3.8, 4) is 0 Å². The van der Waals surface area contributed by atoms with Crippen LogP contribution in [0.2, 0.25) is 0 Å². The summed E-state index contributed by atoms with van der Waals surface area (Å²) in [6.45, 7) is 3.88. The number of rotatable bonds is 2. The highest BCUT2D eigenvalue weighted by Gasteiger charge is 2.35. The van der Waals surface area contributed by atoms with E-state index in [2.05, 4.69) is 5.32 Å². The van der Waals surface area contributed by atoms with Crippen LogP contribution < -0.4 is 5.32 Å². The molecule has 0 aliphatic carbocycles. The number of nitrogens with zero attached hydrogens (tertiary/aromatic N) is 1. The quantitative estimate of drug-likeness (QED) is 0.667. The van der Waals surface area contributed by atoms with E-state index in [0.717, 1.165) is 10.6 Å². The summed E-state index contributed by atoms with van der Waals surface area (Å²) in [5.41, 5.74) is 0.915. The van der Waals surface area contributed by atoms with Crippen LogP contribution in [-0.4, -0.2) is 41.8 Å². The molecule has 1 aromatic rings. The Morgan fingerprint density at radius 1 is 1.45 bits per heavy atom. The molecule has 0 unspecified atom stereocenters. The molecule has 0 spiro atoms. The Balaban J connectivity index is 2.38. The van der Waals surface area contributed by atoms with Crippen LogP contribution >= 0.6 is 11.8 Å². The molecule has 108 valence electrons. The zero-order valence-electron chi connectivity index (χ0n) is 11.8. The van der Waals surface area contributed by atoms with Gasteiger partial charge in [0.25, 0.3) is 0 Å². The van der Waals surface area contributed by atoms with Gasteiger partial charge in [0.05, 0.1) is 12.8 Å². The number of para-hydroxylation sites is 1. The summed E-state index contributed by atoms with van der Waals surface area (Å²) in [5, 5.41) is 2.41. The number of hydrogen-bond acceptors (Lipinski definition) is 5. The molecule has 2 atom stereocenters. The van der Waals surface area contributed by atoms with Crippen molar-refractivity contribution in [3.63, 3.8) is 0 Å². The minimum Gasteiger partial charge on any atom is -0.465 e. The van der Waals surface area contributed by atoms with E-state index in [1.54, 1.807) is 14.0 Å². The number of anilines is 1.